The van der Waals surface area contributed by atoms with Crippen molar-refractivity contribution in [3.05, 3.63) is 64.7 Å². The van der Waals surface area contributed by atoms with Gasteiger partial charge in [-0.1, -0.05) is 6.07 Å². The van der Waals surface area contributed by atoms with Gasteiger partial charge in [0.25, 0.3) is 0 Å². The second-order valence-electron chi connectivity index (χ2n) is 3.90. The molecule has 106 valence electrons. The van der Waals surface area contributed by atoms with Gasteiger partial charge >= 0.3 is 0 Å². The molecule has 0 radical (unpaired) electrons. The second kappa shape index (κ2) is 5.44. The minimum absolute atomic E-state index is 0.0412. The lowest BCUT2D eigenvalue weighted by Crippen LogP contribution is -2.09. The first-order valence-corrected chi connectivity index (χ1v) is 5.41. The first-order chi connectivity index (χ1) is 9.41. The summed E-state index contributed by atoms with van der Waals surface area (Å²) < 4.78 is 79.1. The molecule has 0 aliphatic heterocycles. The Morgan fingerprint density at radius 3 is 1.75 bits per heavy atom. The predicted octanol–water partition coefficient (Wildman–Crippen LogP) is 4.13. The van der Waals surface area contributed by atoms with E-state index in [1.54, 1.807) is 0 Å². The lowest BCUT2D eigenvalue weighted by atomic mass is 10.2. The predicted molar refractivity (Wildman–Crippen MR) is 60.0 cm³/mol. The molecule has 0 fully saturated rings. The van der Waals surface area contributed by atoms with Crippen molar-refractivity contribution in [2.24, 2.45) is 0 Å². The summed E-state index contributed by atoms with van der Waals surface area (Å²) in [7, 11) is 0. The Bertz CT molecular complexity index is 609. The van der Waals surface area contributed by atoms with Gasteiger partial charge in [-0.2, -0.15) is 0 Å². The molecule has 0 saturated heterocycles. The first-order valence-electron chi connectivity index (χ1n) is 5.41. The van der Waals surface area contributed by atoms with E-state index in [-0.39, 0.29) is 6.07 Å². The smallest absolute Gasteiger partial charge is 0.185 e. The number of anilines is 1. The van der Waals surface area contributed by atoms with Crippen LogP contribution >= 0.6 is 0 Å². The van der Waals surface area contributed by atoms with Crippen molar-refractivity contribution in [1.29, 1.82) is 0 Å². The molecule has 2 rings (SSSR count). The van der Waals surface area contributed by atoms with Crippen LogP contribution < -0.4 is 5.32 Å². The van der Waals surface area contributed by atoms with Crippen molar-refractivity contribution in [1.82, 2.24) is 0 Å². The van der Waals surface area contributed by atoms with Crippen molar-refractivity contribution < 1.29 is 26.3 Å². The van der Waals surface area contributed by atoms with Crippen molar-refractivity contribution >= 4 is 5.69 Å². The maximum absolute atomic E-state index is 13.3. The third-order valence-electron chi connectivity index (χ3n) is 2.62. The van der Waals surface area contributed by atoms with E-state index in [4.69, 9.17) is 0 Å². The standard InChI is InChI=1S/C13H7F6N/c14-7-2-1-3-8(15)6(7)5-20-13-11(18)9(16)4-10(17)12(13)19/h1-4,20H,5H2. The molecule has 0 atom stereocenters. The Kier molecular flexibility index (Phi) is 3.87. The lowest BCUT2D eigenvalue weighted by molar-refractivity contribution is 0.457. The molecule has 7 heteroatoms. The Morgan fingerprint density at radius 2 is 1.25 bits per heavy atom. The van der Waals surface area contributed by atoms with E-state index < -0.39 is 52.7 Å². The van der Waals surface area contributed by atoms with Crippen molar-refractivity contribution in [2.45, 2.75) is 6.54 Å². The number of nitrogens with one attached hydrogen (secondary N) is 1. The molecule has 1 nitrogen and oxygen atoms in total. The Hall–Kier alpha value is -2.18. The highest BCUT2D eigenvalue weighted by atomic mass is 19.2. The lowest BCUT2D eigenvalue weighted by Gasteiger charge is -2.11. The van der Waals surface area contributed by atoms with Crippen LogP contribution in [0.15, 0.2) is 24.3 Å². The molecule has 0 aliphatic rings. The molecule has 2 aromatic carbocycles. The van der Waals surface area contributed by atoms with Gasteiger partial charge in [0, 0.05) is 18.2 Å². The largest absolute Gasteiger partial charge is 0.376 e. The van der Waals surface area contributed by atoms with Gasteiger partial charge in [0.2, 0.25) is 0 Å². The van der Waals surface area contributed by atoms with Crippen LogP contribution in [0.25, 0.3) is 0 Å². The first kappa shape index (κ1) is 14.2. The summed E-state index contributed by atoms with van der Waals surface area (Å²) >= 11 is 0. The minimum Gasteiger partial charge on any atom is -0.376 e. The summed E-state index contributed by atoms with van der Waals surface area (Å²) in [6.45, 7) is -0.671. The minimum atomic E-state index is -1.67. The highest BCUT2D eigenvalue weighted by molar-refractivity contribution is 5.47. The summed E-state index contributed by atoms with van der Waals surface area (Å²) in [5, 5.41) is 1.95. The molecule has 0 amide bonds. The summed E-state index contributed by atoms with van der Waals surface area (Å²) in [6.07, 6.45) is 0. The van der Waals surface area contributed by atoms with E-state index in [0.717, 1.165) is 18.2 Å². The second-order valence-corrected chi connectivity index (χ2v) is 3.90. The molecule has 0 saturated carbocycles. The topological polar surface area (TPSA) is 12.0 Å². The summed E-state index contributed by atoms with van der Waals surface area (Å²) in [5.74, 6) is -8.45. The van der Waals surface area contributed by atoms with Gasteiger partial charge in [0.15, 0.2) is 23.3 Å². The van der Waals surface area contributed by atoms with Crippen LogP contribution in [-0.2, 0) is 6.54 Å². The summed E-state index contributed by atoms with van der Waals surface area (Å²) in [4.78, 5) is 0. The zero-order valence-corrected chi connectivity index (χ0v) is 9.78. The van der Waals surface area contributed by atoms with Crippen LogP contribution in [0.2, 0.25) is 0 Å². The molecule has 2 aromatic rings. The van der Waals surface area contributed by atoms with Gasteiger partial charge in [0.1, 0.15) is 17.3 Å². The van der Waals surface area contributed by atoms with E-state index >= 15 is 0 Å². The molecule has 1 N–H and O–H groups in total. The maximum Gasteiger partial charge on any atom is 0.185 e. The van der Waals surface area contributed by atoms with Crippen molar-refractivity contribution in [3.8, 4) is 0 Å². The Labute approximate surface area is 109 Å². The van der Waals surface area contributed by atoms with Crippen LogP contribution in [0.5, 0.6) is 0 Å². The number of hydrogen-bond donors (Lipinski definition) is 1. The fourth-order valence-corrected chi connectivity index (χ4v) is 1.61. The SMILES string of the molecule is Fc1cc(F)c(F)c(NCc2c(F)cccc2F)c1F. The van der Waals surface area contributed by atoms with E-state index in [0.29, 0.717) is 0 Å². The van der Waals surface area contributed by atoms with Crippen LogP contribution in [0.3, 0.4) is 0 Å². The molecule has 0 spiro atoms. The van der Waals surface area contributed by atoms with Gasteiger partial charge < -0.3 is 5.32 Å². The molecule has 0 heterocycles. The summed E-state index contributed by atoms with van der Waals surface area (Å²) in [6, 6.07) is 3.04. The monoisotopic (exact) mass is 291 g/mol. The zero-order valence-electron chi connectivity index (χ0n) is 9.78. The van der Waals surface area contributed by atoms with Gasteiger partial charge in [-0.3, -0.25) is 0 Å². The van der Waals surface area contributed by atoms with Gasteiger partial charge in [-0.25, -0.2) is 26.3 Å². The molecule has 0 aromatic heterocycles. The molecule has 0 bridgehead atoms. The quantitative estimate of drug-likeness (QED) is 0.662. The highest BCUT2D eigenvalue weighted by Gasteiger charge is 2.19. The van der Waals surface area contributed by atoms with Crippen LogP contribution in [0.4, 0.5) is 32.0 Å². The maximum atomic E-state index is 13.3. The third kappa shape index (κ3) is 2.56. The van der Waals surface area contributed by atoms with Gasteiger partial charge in [-0.05, 0) is 12.1 Å². The van der Waals surface area contributed by atoms with Crippen molar-refractivity contribution in [2.75, 3.05) is 5.32 Å². The van der Waals surface area contributed by atoms with E-state index in [1.807, 2.05) is 5.32 Å². The average molecular weight is 291 g/mol. The Morgan fingerprint density at radius 1 is 0.750 bits per heavy atom. The third-order valence-corrected chi connectivity index (χ3v) is 2.62. The van der Waals surface area contributed by atoms with Gasteiger partial charge in [-0.15, -0.1) is 0 Å². The fraction of sp³-hybridized carbons (Fsp3) is 0.0769. The van der Waals surface area contributed by atoms with E-state index in [1.165, 1.54) is 0 Å². The number of hydrogen-bond acceptors (Lipinski definition) is 1. The Balaban J connectivity index is 2.32. The number of rotatable bonds is 3. The fourth-order valence-electron chi connectivity index (χ4n) is 1.61. The number of halogens is 6. The van der Waals surface area contributed by atoms with Crippen molar-refractivity contribution in [3.63, 3.8) is 0 Å². The molecule has 0 aliphatic carbocycles. The van der Waals surface area contributed by atoms with Crippen LogP contribution in [0, 0.1) is 34.9 Å². The molecule has 0 unspecified atom stereocenters. The summed E-state index contributed by atoms with van der Waals surface area (Å²) in [5.41, 5.74) is -1.62. The van der Waals surface area contributed by atoms with Crippen LogP contribution in [-0.4, -0.2) is 0 Å². The highest BCUT2D eigenvalue weighted by Crippen LogP contribution is 2.25. The molecular weight excluding hydrogens is 284 g/mol. The van der Waals surface area contributed by atoms with Gasteiger partial charge in [0.05, 0.1) is 0 Å². The normalized spacial score (nSPS) is 10.7. The van der Waals surface area contributed by atoms with Crippen LogP contribution in [0.1, 0.15) is 5.56 Å². The zero-order chi connectivity index (χ0) is 14.9. The van der Waals surface area contributed by atoms with E-state index in [2.05, 4.69) is 0 Å². The number of benzene rings is 2. The average Bonchev–Trinajstić information content (AvgIpc) is 2.39. The van der Waals surface area contributed by atoms with E-state index in [9.17, 15) is 26.3 Å². The molecule has 20 heavy (non-hydrogen) atoms. The molecular formula is C13H7F6N.